The summed E-state index contributed by atoms with van der Waals surface area (Å²) in [5.41, 5.74) is 17.5. The lowest BCUT2D eigenvalue weighted by molar-refractivity contribution is -0.142. The molecule has 0 aliphatic rings. The van der Waals surface area contributed by atoms with Gasteiger partial charge in [0.15, 0.2) is 0 Å². The van der Waals surface area contributed by atoms with Crippen LogP contribution in [-0.2, 0) is 30.4 Å². The highest BCUT2D eigenvalue weighted by molar-refractivity contribution is 5.94. The zero-order chi connectivity index (χ0) is 28.7. The summed E-state index contributed by atoms with van der Waals surface area (Å²) in [6, 6.07) is 4.60. The van der Waals surface area contributed by atoms with Crippen LogP contribution in [0.2, 0.25) is 0 Å². The minimum Gasteiger partial charge on any atom is -0.480 e. The molecule has 0 saturated heterocycles. The van der Waals surface area contributed by atoms with Crippen LogP contribution in [0.15, 0.2) is 30.3 Å². The van der Waals surface area contributed by atoms with E-state index in [1.165, 1.54) is 0 Å². The topological polar surface area (TPSA) is 220 Å². The van der Waals surface area contributed by atoms with E-state index in [9.17, 15) is 29.1 Å². The molecule has 4 amide bonds. The molecule has 1 rings (SSSR count). The number of carboxylic acids is 1. The Kier molecular flexibility index (Phi) is 14.6. The van der Waals surface area contributed by atoms with Crippen molar-refractivity contribution >= 4 is 29.6 Å². The normalized spacial score (nSPS) is 14.1. The van der Waals surface area contributed by atoms with Gasteiger partial charge >= 0.3 is 5.97 Å². The van der Waals surface area contributed by atoms with Gasteiger partial charge in [-0.05, 0) is 50.1 Å². The van der Waals surface area contributed by atoms with Gasteiger partial charge in [0.1, 0.15) is 18.1 Å². The van der Waals surface area contributed by atoms with Crippen LogP contribution in [0.3, 0.4) is 0 Å². The molecule has 1 aromatic carbocycles. The Morgan fingerprint density at radius 1 is 0.842 bits per heavy atom. The highest BCUT2D eigenvalue weighted by atomic mass is 16.4. The average Bonchev–Trinajstić information content (AvgIpc) is 2.85. The zero-order valence-electron chi connectivity index (χ0n) is 22.2. The van der Waals surface area contributed by atoms with E-state index in [0.717, 1.165) is 5.56 Å². The third kappa shape index (κ3) is 12.6. The van der Waals surface area contributed by atoms with Crippen LogP contribution in [0.4, 0.5) is 0 Å². The summed E-state index contributed by atoms with van der Waals surface area (Å²) < 4.78 is 0. The number of benzene rings is 1. The van der Waals surface area contributed by atoms with E-state index in [-0.39, 0.29) is 31.6 Å². The highest BCUT2D eigenvalue weighted by Crippen LogP contribution is 2.09. The molecular formula is C26H42N6O6. The van der Waals surface area contributed by atoms with E-state index < -0.39 is 53.8 Å². The van der Waals surface area contributed by atoms with Gasteiger partial charge < -0.3 is 38.3 Å². The quantitative estimate of drug-likeness (QED) is 0.122. The number of unbranched alkanes of at least 4 members (excludes halogenated alkanes) is 1. The molecule has 0 fully saturated rings. The molecule has 0 aromatic heterocycles. The number of carboxylic acid groups (broad SMARTS) is 1. The number of nitrogens with one attached hydrogen (secondary N) is 3. The van der Waals surface area contributed by atoms with Crippen LogP contribution in [-0.4, -0.2) is 65.4 Å². The molecule has 0 aliphatic carbocycles. The first kappa shape index (κ1) is 32.5. The van der Waals surface area contributed by atoms with E-state index in [4.69, 9.17) is 17.2 Å². The third-order valence-electron chi connectivity index (χ3n) is 5.85. The minimum atomic E-state index is -1.26. The van der Waals surface area contributed by atoms with Crippen molar-refractivity contribution in [3.63, 3.8) is 0 Å². The number of carbonyl (C=O) groups excluding carboxylic acids is 4. The van der Waals surface area contributed by atoms with Crippen LogP contribution in [0.1, 0.15) is 57.9 Å². The molecule has 38 heavy (non-hydrogen) atoms. The van der Waals surface area contributed by atoms with E-state index in [1.807, 2.05) is 19.9 Å². The first-order valence-corrected chi connectivity index (χ1v) is 12.9. The Morgan fingerprint density at radius 3 is 1.97 bits per heavy atom. The fourth-order valence-electron chi connectivity index (χ4n) is 3.80. The largest absolute Gasteiger partial charge is 0.480 e. The summed E-state index contributed by atoms with van der Waals surface area (Å²) in [5.74, 6) is -3.74. The van der Waals surface area contributed by atoms with Gasteiger partial charge in [0.2, 0.25) is 23.6 Å². The molecule has 0 spiro atoms. The number of nitrogens with two attached hydrogens (primary N) is 3. The van der Waals surface area contributed by atoms with E-state index in [0.29, 0.717) is 25.8 Å². The van der Waals surface area contributed by atoms with Gasteiger partial charge in [-0.2, -0.15) is 0 Å². The first-order chi connectivity index (χ1) is 17.9. The van der Waals surface area contributed by atoms with E-state index in [1.54, 1.807) is 24.3 Å². The summed E-state index contributed by atoms with van der Waals surface area (Å²) in [4.78, 5) is 62.1. The summed E-state index contributed by atoms with van der Waals surface area (Å²) in [7, 11) is 0. The number of primary amides is 1. The van der Waals surface area contributed by atoms with Gasteiger partial charge in [-0.3, -0.25) is 19.2 Å². The smallest absolute Gasteiger partial charge is 0.326 e. The number of hydrogen-bond acceptors (Lipinski definition) is 7. The molecule has 212 valence electrons. The Hall–Kier alpha value is -3.51. The summed E-state index contributed by atoms with van der Waals surface area (Å²) >= 11 is 0. The second-order valence-electron chi connectivity index (χ2n) is 9.74. The monoisotopic (exact) mass is 534 g/mol. The number of rotatable bonds is 18. The molecule has 1 aromatic rings. The van der Waals surface area contributed by atoms with Gasteiger partial charge in [0, 0.05) is 12.8 Å². The lowest BCUT2D eigenvalue weighted by atomic mass is 10.0. The van der Waals surface area contributed by atoms with Crippen molar-refractivity contribution in [2.75, 3.05) is 6.54 Å². The van der Waals surface area contributed by atoms with Crippen molar-refractivity contribution in [1.82, 2.24) is 16.0 Å². The van der Waals surface area contributed by atoms with Gasteiger partial charge in [-0.1, -0.05) is 44.2 Å². The SMILES string of the molecule is CC(C)CC(N)C(=O)NC(Cc1ccccc1)C(=O)NC(CCC(N)=O)C(=O)NC(CCCCN)C(=O)O. The molecule has 4 unspecified atom stereocenters. The zero-order valence-corrected chi connectivity index (χ0v) is 22.2. The van der Waals surface area contributed by atoms with Crippen molar-refractivity contribution in [1.29, 1.82) is 0 Å². The van der Waals surface area contributed by atoms with Crippen molar-refractivity contribution in [2.45, 2.75) is 83.0 Å². The highest BCUT2D eigenvalue weighted by Gasteiger charge is 2.30. The van der Waals surface area contributed by atoms with Crippen molar-refractivity contribution in [3.8, 4) is 0 Å². The van der Waals surface area contributed by atoms with Crippen LogP contribution >= 0.6 is 0 Å². The number of amides is 4. The van der Waals surface area contributed by atoms with E-state index >= 15 is 0 Å². The van der Waals surface area contributed by atoms with Crippen LogP contribution in [0.25, 0.3) is 0 Å². The van der Waals surface area contributed by atoms with Gasteiger partial charge in [-0.25, -0.2) is 4.79 Å². The second kappa shape index (κ2) is 17.1. The van der Waals surface area contributed by atoms with Gasteiger partial charge in [-0.15, -0.1) is 0 Å². The molecule has 10 N–H and O–H groups in total. The van der Waals surface area contributed by atoms with Crippen LogP contribution in [0.5, 0.6) is 0 Å². The lowest BCUT2D eigenvalue weighted by Gasteiger charge is -2.25. The Labute approximate surface area is 223 Å². The molecule has 0 aliphatic heterocycles. The Balaban J connectivity index is 3.10. The third-order valence-corrected chi connectivity index (χ3v) is 5.85. The van der Waals surface area contributed by atoms with Crippen LogP contribution in [0, 0.1) is 5.92 Å². The maximum absolute atomic E-state index is 13.3. The Bertz CT molecular complexity index is 926. The first-order valence-electron chi connectivity index (χ1n) is 12.9. The van der Waals surface area contributed by atoms with Gasteiger partial charge in [0.25, 0.3) is 0 Å². The molecule has 12 nitrogen and oxygen atoms in total. The maximum Gasteiger partial charge on any atom is 0.326 e. The van der Waals surface area contributed by atoms with Gasteiger partial charge in [0.05, 0.1) is 6.04 Å². The molecule has 0 saturated carbocycles. The number of hydrogen-bond donors (Lipinski definition) is 7. The molecule has 0 bridgehead atoms. The second-order valence-corrected chi connectivity index (χ2v) is 9.74. The molecule has 0 heterocycles. The summed E-state index contributed by atoms with van der Waals surface area (Å²) in [6.45, 7) is 4.22. The van der Waals surface area contributed by atoms with Crippen molar-refractivity contribution in [3.05, 3.63) is 35.9 Å². The fourth-order valence-corrected chi connectivity index (χ4v) is 3.80. The minimum absolute atomic E-state index is 0.119. The van der Waals surface area contributed by atoms with E-state index in [2.05, 4.69) is 16.0 Å². The molecule has 0 radical (unpaired) electrons. The lowest BCUT2D eigenvalue weighted by Crippen LogP contribution is -2.57. The average molecular weight is 535 g/mol. The van der Waals surface area contributed by atoms with Crippen molar-refractivity contribution < 1.29 is 29.1 Å². The summed E-state index contributed by atoms with van der Waals surface area (Å²) in [6.07, 6.45) is 1.37. The molecule has 12 heteroatoms. The molecular weight excluding hydrogens is 492 g/mol. The van der Waals surface area contributed by atoms with Crippen molar-refractivity contribution in [2.24, 2.45) is 23.1 Å². The predicted octanol–water partition coefficient (Wildman–Crippen LogP) is -0.464. The number of carbonyl (C=O) groups is 5. The molecule has 4 atom stereocenters. The fraction of sp³-hybridized carbons (Fsp3) is 0.577. The number of aliphatic carboxylic acids is 1. The summed E-state index contributed by atoms with van der Waals surface area (Å²) in [5, 5.41) is 17.2. The standard InChI is InChI=1S/C26H42N6O6/c1-16(2)14-18(28)23(34)32-21(15-17-8-4-3-5-9-17)25(36)30-19(11-12-22(29)33)24(35)31-20(26(37)38)10-6-7-13-27/h3-5,8-9,16,18-21H,6-7,10-15,27-28H2,1-2H3,(H2,29,33)(H,30,36)(H,31,35)(H,32,34)(H,37,38). The predicted molar refractivity (Wildman–Crippen MR) is 142 cm³/mol. The Morgan fingerprint density at radius 2 is 1.42 bits per heavy atom. The van der Waals surface area contributed by atoms with Crippen LogP contribution < -0.4 is 33.2 Å². The maximum atomic E-state index is 13.3.